The molecule has 8 nitrogen and oxygen atoms in total. The monoisotopic (exact) mass is 359 g/mol. The smallest absolute Gasteiger partial charge is 0.272 e. The summed E-state index contributed by atoms with van der Waals surface area (Å²) in [7, 11) is 1.54. The first-order valence-corrected chi connectivity index (χ1v) is 8.64. The van der Waals surface area contributed by atoms with Gasteiger partial charge in [0.15, 0.2) is 5.69 Å². The van der Waals surface area contributed by atoms with E-state index in [1.54, 1.807) is 6.07 Å². The molecular weight excluding hydrogens is 334 g/mol. The summed E-state index contributed by atoms with van der Waals surface area (Å²) in [6.45, 7) is 4.13. The number of hydrogen-bond donors (Lipinski definition) is 4. The van der Waals surface area contributed by atoms with E-state index in [1.807, 2.05) is 32.0 Å². The van der Waals surface area contributed by atoms with Crippen molar-refractivity contribution in [1.82, 2.24) is 26.1 Å². The van der Waals surface area contributed by atoms with Gasteiger partial charge in [0.2, 0.25) is 11.8 Å². The number of aromatic amines is 1. The SMILES string of the molecule is CNC(=O)C(CC(C)C)NC(=O)CCNC(=O)c1n[nH]c2ccccc12. The van der Waals surface area contributed by atoms with Gasteiger partial charge in [-0.3, -0.25) is 19.5 Å². The summed E-state index contributed by atoms with van der Waals surface area (Å²) in [6, 6.07) is 6.75. The fraction of sp³-hybridized carbons (Fsp3) is 0.444. The van der Waals surface area contributed by atoms with Gasteiger partial charge in [-0.1, -0.05) is 32.0 Å². The molecular formula is C18H25N5O3. The number of aromatic nitrogens is 2. The van der Waals surface area contributed by atoms with Crippen molar-refractivity contribution in [3.05, 3.63) is 30.0 Å². The number of amides is 3. The van der Waals surface area contributed by atoms with Gasteiger partial charge in [0.05, 0.1) is 5.52 Å². The number of para-hydroxylation sites is 1. The second-order valence-electron chi connectivity index (χ2n) is 6.49. The van der Waals surface area contributed by atoms with Crippen LogP contribution in [0.5, 0.6) is 0 Å². The molecule has 1 aromatic carbocycles. The van der Waals surface area contributed by atoms with Crippen LogP contribution in [0.4, 0.5) is 0 Å². The molecule has 0 radical (unpaired) electrons. The number of H-pyrrole nitrogens is 1. The Bertz CT molecular complexity index is 784. The molecule has 1 aromatic heterocycles. The summed E-state index contributed by atoms with van der Waals surface area (Å²) in [5, 5.41) is 15.5. The first kappa shape index (κ1) is 19.4. The van der Waals surface area contributed by atoms with E-state index in [9.17, 15) is 14.4 Å². The second-order valence-corrected chi connectivity index (χ2v) is 6.49. The molecule has 0 aliphatic heterocycles. The number of likely N-dealkylation sites (N-methyl/N-ethyl adjacent to an activating group) is 1. The van der Waals surface area contributed by atoms with E-state index in [-0.39, 0.29) is 36.6 Å². The lowest BCUT2D eigenvalue weighted by Crippen LogP contribution is -2.47. The molecule has 0 aliphatic carbocycles. The van der Waals surface area contributed by atoms with Crippen molar-refractivity contribution in [2.45, 2.75) is 32.7 Å². The Labute approximate surface area is 152 Å². The minimum Gasteiger partial charge on any atom is -0.357 e. The summed E-state index contributed by atoms with van der Waals surface area (Å²) in [5.74, 6) is -0.587. The van der Waals surface area contributed by atoms with E-state index in [0.29, 0.717) is 12.1 Å². The third-order valence-corrected chi connectivity index (χ3v) is 3.93. The third-order valence-electron chi connectivity index (χ3n) is 3.93. The maximum Gasteiger partial charge on any atom is 0.272 e. The standard InChI is InChI=1S/C18H25N5O3/c1-11(2)10-14(17(25)19-3)21-15(24)8-9-20-18(26)16-12-6-4-5-7-13(12)22-23-16/h4-7,11,14H,8-10H2,1-3H3,(H,19,25)(H,20,26)(H,21,24)(H,22,23). The van der Waals surface area contributed by atoms with Crippen LogP contribution in [0.2, 0.25) is 0 Å². The fourth-order valence-electron chi connectivity index (χ4n) is 2.65. The van der Waals surface area contributed by atoms with Crippen LogP contribution in [0.1, 0.15) is 37.2 Å². The fourth-order valence-corrected chi connectivity index (χ4v) is 2.65. The molecule has 140 valence electrons. The zero-order valence-electron chi connectivity index (χ0n) is 15.3. The Morgan fingerprint density at radius 2 is 1.92 bits per heavy atom. The molecule has 1 atom stereocenters. The van der Waals surface area contributed by atoms with Gasteiger partial charge in [-0.15, -0.1) is 0 Å². The van der Waals surface area contributed by atoms with Crippen LogP contribution >= 0.6 is 0 Å². The maximum atomic E-state index is 12.2. The summed E-state index contributed by atoms with van der Waals surface area (Å²) >= 11 is 0. The molecule has 2 aromatic rings. The number of hydrogen-bond acceptors (Lipinski definition) is 4. The van der Waals surface area contributed by atoms with Crippen LogP contribution in [0.3, 0.4) is 0 Å². The predicted molar refractivity (Wildman–Crippen MR) is 98.5 cm³/mol. The summed E-state index contributed by atoms with van der Waals surface area (Å²) in [4.78, 5) is 36.1. The van der Waals surface area contributed by atoms with Crippen molar-refractivity contribution in [1.29, 1.82) is 0 Å². The molecule has 8 heteroatoms. The van der Waals surface area contributed by atoms with Crippen LogP contribution < -0.4 is 16.0 Å². The zero-order valence-corrected chi connectivity index (χ0v) is 15.3. The second kappa shape index (κ2) is 8.98. The summed E-state index contributed by atoms with van der Waals surface area (Å²) in [5.41, 5.74) is 1.07. The van der Waals surface area contributed by atoms with Crippen molar-refractivity contribution >= 4 is 28.6 Å². The molecule has 2 rings (SSSR count). The Morgan fingerprint density at radius 3 is 2.62 bits per heavy atom. The highest BCUT2D eigenvalue weighted by molar-refractivity contribution is 6.04. The minimum absolute atomic E-state index is 0.0830. The number of fused-ring (bicyclic) bond motifs is 1. The van der Waals surface area contributed by atoms with E-state index in [2.05, 4.69) is 26.1 Å². The molecule has 0 saturated heterocycles. The number of rotatable bonds is 8. The Hall–Kier alpha value is -2.90. The molecule has 1 heterocycles. The number of benzene rings is 1. The number of carbonyl (C=O) groups is 3. The number of nitrogens with one attached hydrogen (secondary N) is 4. The third kappa shape index (κ3) is 5.05. The van der Waals surface area contributed by atoms with Gasteiger partial charge in [0.25, 0.3) is 5.91 Å². The van der Waals surface area contributed by atoms with Crippen molar-refractivity contribution in [3.63, 3.8) is 0 Å². The first-order chi connectivity index (χ1) is 12.4. The van der Waals surface area contributed by atoms with Gasteiger partial charge in [-0.05, 0) is 18.4 Å². The van der Waals surface area contributed by atoms with Gasteiger partial charge in [-0.25, -0.2) is 0 Å². The highest BCUT2D eigenvalue weighted by Crippen LogP contribution is 2.14. The van der Waals surface area contributed by atoms with Gasteiger partial charge < -0.3 is 16.0 Å². The first-order valence-electron chi connectivity index (χ1n) is 8.64. The highest BCUT2D eigenvalue weighted by atomic mass is 16.2. The zero-order chi connectivity index (χ0) is 19.1. The van der Waals surface area contributed by atoms with Crippen molar-refractivity contribution in [3.8, 4) is 0 Å². The molecule has 26 heavy (non-hydrogen) atoms. The van der Waals surface area contributed by atoms with Crippen molar-refractivity contribution < 1.29 is 14.4 Å². The van der Waals surface area contributed by atoms with Crippen LogP contribution in [-0.2, 0) is 9.59 Å². The van der Waals surface area contributed by atoms with Crippen LogP contribution in [0.25, 0.3) is 10.9 Å². The van der Waals surface area contributed by atoms with Crippen LogP contribution in [-0.4, -0.2) is 47.6 Å². The van der Waals surface area contributed by atoms with E-state index in [0.717, 1.165) is 10.9 Å². The molecule has 1 unspecified atom stereocenters. The Balaban J connectivity index is 1.85. The van der Waals surface area contributed by atoms with E-state index in [4.69, 9.17) is 0 Å². The average Bonchev–Trinajstić information content (AvgIpc) is 3.04. The lowest BCUT2D eigenvalue weighted by atomic mass is 10.0. The number of carbonyl (C=O) groups excluding carboxylic acids is 3. The lowest BCUT2D eigenvalue weighted by molar-refractivity contribution is -0.129. The van der Waals surface area contributed by atoms with E-state index in [1.165, 1.54) is 7.05 Å². The maximum absolute atomic E-state index is 12.2. The van der Waals surface area contributed by atoms with Gasteiger partial charge in [0.1, 0.15) is 6.04 Å². The molecule has 0 bridgehead atoms. The quantitative estimate of drug-likeness (QED) is 0.562. The average molecular weight is 359 g/mol. The van der Waals surface area contributed by atoms with E-state index >= 15 is 0 Å². The van der Waals surface area contributed by atoms with Crippen LogP contribution in [0, 0.1) is 5.92 Å². The predicted octanol–water partition coefficient (Wildman–Crippen LogP) is 0.960. The molecule has 4 N–H and O–H groups in total. The van der Waals surface area contributed by atoms with Gasteiger partial charge in [0, 0.05) is 25.4 Å². The lowest BCUT2D eigenvalue weighted by Gasteiger charge is -2.19. The minimum atomic E-state index is -0.571. The van der Waals surface area contributed by atoms with E-state index < -0.39 is 6.04 Å². The molecule has 0 spiro atoms. The molecule has 0 saturated carbocycles. The van der Waals surface area contributed by atoms with Crippen LogP contribution in [0.15, 0.2) is 24.3 Å². The normalized spacial score (nSPS) is 12.0. The summed E-state index contributed by atoms with van der Waals surface area (Å²) in [6.07, 6.45) is 0.636. The Morgan fingerprint density at radius 1 is 1.19 bits per heavy atom. The Kier molecular flexibility index (Phi) is 6.71. The summed E-state index contributed by atoms with van der Waals surface area (Å²) < 4.78 is 0. The van der Waals surface area contributed by atoms with Crippen molar-refractivity contribution in [2.75, 3.05) is 13.6 Å². The van der Waals surface area contributed by atoms with Gasteiger partial charge in [-0.2, -0.15) is 5.10 Å². The topological polar surface area (TPSA) is 116 Å². The van der Waals surface area contributed by atoms with Gasteiger partial charge >= 0.3 is 0 Å². The molecule has 0 aliphatic rings. The highest BCUT2D eigenvalue weighted by Gasteiger charge is 2.21. The molecule has 0 fully saturated rings. The molecule has 3 amide bonds. The number of nitrogens with zero attached hydrogens (tertiary/aromatic N) is 1. The largest absolute Gasteiger partial charge is 0.357 e. The van der Waals surface area contributed by atoms with Crippen molar-refractivity contribution in [2.24, 2.45) is 5.92 Å².